The number of esters is 2. The van der Waals surface area contributed by atoms with Crippen molar-refractivity contribution in [1.29, 1.82) is 0 Å². The second-order valence-electron chi connectivity index (χ2n) is 5.14. The number of carbonyl (C=O) groups excluding carboxylic acids is 2. The van der Waals surface area contributed by atoms with Crippen molar-refractivity contribution in [3.63, 3.8) is 0 Å². The molecule has 0 radical (unpaired) electrons. The van der Waals surface area contributed by atoms with E-state index in [1.54, 1.807) is 0 Å². The number of ether oxygens (including phenoxy) is 2. The van der Waals surface area contributed by atoms with Crippen LogP contribution in [0.3, 0.4) is 0 Å². The first-order valence-electron chi connectivity index (χ1n) is 7.33. The maximum absolute atomic E-state index is 11.8. The molecule has 0 saturated carbocycles. The summed E-state index contributed by atoms with van der Waals surface area (Å²) in [5.41, 5.74) is -3.98. The van der Waals surface area contributed by atoms with Gasteiger partial charge in [-0.15, -0.1) is 0 Å². The second kappa shape index (κ2) is 11.4. The molecule has 0 aromatic carbocycles. The van der Waals surface area contributed by atoms with E-state index in [-0.39, 0.29) is 12.8 Å². The van der Waals surface area contributed by atoms with Crippen molar-refractivity contribution in [2.24, 2.45) is 0 Å². The molecule has 0 saturated heterocycles. The van der Waals surface area contributed by atoms with Crippen molar-refractivity contribution >= 4 is 88.0 Å². The van der Waals surface area contributed by atoms with Crippen molar-refractivity contribution in [1.82, 2.24) is 0 Å². The zero-order valence-electron chi connectivity index (χ0n) is 13.9. The molecule has 2 atom stereocenters. The molecule has 0 rings (SSSR count). The zero-order chi connectivity index (χ0) is 19.8. The van der Waals surface area contributed by atoms with Gasteiger partial charge < -0.3 is 0 Å². The molecule has 10 nitrogen and oxygen atoms in total. The molecular formula is C11H16Na2O10S2. The molecule has 25 heavy (non-hydrogen) atoms. The van der Waals surface area contributed by atoms with E-state index in [1.165, 1.54) is 0 Å². The summed E-state index contributed by atoms with van der Waals surface area (Å²) in [6, 6.07) is 0. The van der Waals surface area contributed by atoms with Crippen molar-refractivity contribution in [3.8, 4) is 0 Å². The Labute approximate surface area is 181 Å². The van der Waals surface area contributed by atoms with Gasteiger partial charge in [-0.05, 0) is 0 Å². The standard InChI is InChI=1S/C11H16O10S2.2Na/c1-4-9(22(14,15)16)20-8(12)6-7(3)11(13)21-10(5-2)23(17,18)19;;/h9-10H,1-6H2,(H,14,15,16)(H,17,18,19);;. The Morgan fingerprint density at radius 1 is 0.920 bits per heavy atom. The van der Waals surface area contributed by atoms with Crippen molar-refractivity contribution in [2.75, 3.05) is 0 Å². The van der Waals surface area contributed by atoms with Crippen LogP contribution in [0.25, 0.3) is 0 Å². The van der Waals surface area contributed by atoms with Crippen molar-refractivity contribution < 1.29 is 45.0 Å². The molecule has 0 fully saturated rings. The van der Waals surface area contributed by atoms with Gasteiger partial charge in [-0.1, -0.05) is 0 Å². The predicted molar refractivity (Wildman–Crippen MR) is 87.0 cm³/mol. The van der Waals surface area contributed by atoms with Crippen LogP contribution in [0, 0.1) is 0 Å². The fraction of sp³-hybridized carbons (Fsp3) is 0.636. The van der Waals surface area contributed by atoms with Gasteiger partial charge in [0.2, 0.25) is 0 Å². The molecule has 0 heterocycles. The fourth-order valence-corrected chi connectivity index (χ4v) is 5.04. The van der Waals surface area contributed by atoms with Crippen LogP contribution in [0.1, 0.15) is 19.3 Å². The van der Waals surface area contributed by atoms with Crippen LogP contribution in [0.15, 0.2) is 12.2 Å². The Balaban J connectivity index is 4.86. The van der Waals surface area contributed by atoms with E-state index in [9.17, 15) is 26.4 Å². The molecule has 0 bridgehead atoms. The van der Waals surface area contributed by atoms with Crippen LogP contribution in [-0.2, 0) is 39.3 Å². The minimum absolute atomic E-state index is 0.0844. The molecule has 134 valence electrons. The molecule has 0 aliphatic heterocycles. The van der Waals surface area contributed by atoms with Gasteiger partial charge in [0.05, 0.1) is 0 Å². The zero-order valence-corrected chi connectivity index (χ0v) is 19.5. The summed E-state index contributed by atoms with van der Waals surface area (Å²) in [6.07, 6.45) is -0.941. The quantitative estimate of drug-likeness (QED) is 0.192. The average molecular weight is 418 g/mol. The van der Waals surface area contributed by atoms with E-state index in [4.69, 9.17) is 9.11 Å². The van der Waals surface area contributed by atoms with Crippen LogP contribution in [0.5, 0.6) is 0 Å². The predicted octanol–water partition coefficient (Wildman–Crippen LogP) is -0.599. The Morgan fingerprint density at radius 3 is 1.68 bits per heavy atom. The average Bonchev–Trinajstić information content (AvgIpc) is 2.44. The van der Waals surface area contributed by atoms with Crippen LogP contribution >= 0.6 is 0 Å². The summed E-state index contributed by atoms with van der Waals surface area (Å²) < 4.78 is 72.5. The summed E-state index contributed by atoms with van der Waals surface area (Å²) in [6.45, 7) is 3.26. The van der Waals surface area contributed by atoms with Gasteiger partial charge >= 0.3 is 183 Å². The van der Waals surface area contributed by atoms with E-state index in [2.05, 4.69) is 16.1 Å². The van der Waals surface area contributed by atoms with Gasteiger partial charge in [0.25, 0.3) is 0 Å². The van der Waals surface area contributed by atoms with Gasteiger partial charge in [0.15, 0.2) is 0 Å². The first-order chi connectivity index (χ1) is 11.3. The topological polar surface area (TPSA) is 161 Å². The Morgan fingerprint density at radius 2 is 1.32 bits per heavy atom. The van der Waals surface area contributed by atoms with Gasteiger partial charge in [-0.2, -0.15) is 0 Å². The van der Waals surface area contributed by atoms with Crippen LogP contribution in [0.4, 0.5) is 0 Å². The minimum atomic E-state index is -4.62. The monoisotopic (exact) mass is 418 g/mol. The number of carbonyl (C=O) groups is 2. The summed E-state index contributed by atoms with van der Waals surface area (Å²) in [4.78, 5) is 23.4. The molecule has 0 amide bonds. The summed E-state index contributed by atoms with van der Waals surface area (Å²) in [7, 11) is -9.22. The summed E-state index contributed by atoms with van der Waals surface area (Å²) in [5.74, 6) is -2.38. The van der Waals surface area contributed by atoms with E-state index in [0.717, 1.165) is 0 Å². The molecule has 14 heteroatoms. The molecule has 0 aliphatic carbocycles. The van der Waals surface area contributed by atoms with Crippen molar-refractivity contribution in [2.45, 2.75) is 37.5 Å². The third kappa shape index (κ3) is 10.4. The molecule has 0 aromatic rings. The molecule has 2 N–H and O–H groups in total. The normalized spacial score (nSPS) is 14.5. The van der Waals surface area contributed by atoms with Gasteiger partial charge in [-0.3, -0.25) is 0 Å². The van der Waals surface area contributed by atoms with Gasteiger partial charge in [0, 0.05) is 0 Å². The Hall–Kier alpha value is 0.500. The van der Waals surface area contributed by atoms with E-state index in [0.29, 0.717) is 63.2 Å². The van der Waals surface area contributed by atoms with Crippen LogP contribution in [0.2, 0.25) is 7.34 Å². The third-order valence-corrected chi connectivity index (χ3v) is 6.01. The Kier molecular flexibility index (Phi) is 11.6. The third-order valence-electron chi connectivity index (χ3n) is 2.86. The molecule has 2 unspecified atom stereocenters. The summed E-state index contributed by atoms with van der Waals surface area (Å²) >= 11 is 1.24. The van der Waals surface area contributed by atoms with E-state index < -0.39 is 55.0 Å². The molecule has 0 aromatic heterocycles. The summed E-state index contributed by atoms with van der Waals surface area (Å²) in [5, 5.41) is 0. The van der Waals surface area contributed by atoms with E-state index in [1.807, 2.05) is 0 Å². The number of rotatable bonds is 11. The molecule has 0 spiro atoms. The molecular weight excluding hydrogens is 402 g/mol. The SMILES string of the molecule is C=C(CC(=O)OC(C[CH2][Na])S(=O)(=O)O)C(=O)OC(C[CH2][Na])S(=O)(=O)O. The van der Waals surface area contributed by atoms with Crippen LogP contribution < -0.4 is 0 Å². The van der Waals surface area contributed by atoms with Crippen molar-refractivity contribution in [3.05, 3.63) is 12.2 Å². The fourth-order valence-electron chi connectivity index (χ4n) is 1.65. The van der Waals surface area contributed by atoms with Gasteiger partial charge in [0.1, 0.15) is 0 Å². The first kappa shape index (κ1) is 25.5. The molecule has 0 aliphatic rings. The Bertz CT molecular complexity index is 700. The number of hydrogen-bond acceptors (Lipinski definition) is 8. The second-order valence-corrected chi connectivity index (χ2v) is 10.3. The first-order valence-corrected chi connectivity index (χ1v) is 13.2. The van der Waals surface area contributed by atoms with Crippen LogP contribution in [-0.4, -0.2) is 105 Å². The van der Waals surface area contributed by atoms with E-state index >= 15 is 0 Å². The maximum atomic E-state index is 11.8. The number of hydrogen-bond donors (Lipinski definition) is 2. The van der Waals surface area contributed by atoms with Gasteiger partial charge in [-0.25, -0.2) is 0 Å².